The maximum atomic E-state index is 12.5. The van der Waals surface area contributed by atoms with E-state index < -0.39 is 0 Å². The van der Waals surface area contributed by atoms with Crippen molar-refractivity contribution in [2.24, 2.45) is 7.05 Å². The summed E-state index contributed by atoms with van der Waals surface area (Å²) in [5, 5.41) is 6.73. The molecule has 2 amide bonds. The molecule has 3 aromatic rings. The van der Waals surface area contributed by atoms with Crippen molar-refractivity contribution in [2.75, 3.05) is 65.3 Å². The van der Waals surface area contributed by atoms with Gasteiger partial charge in [-0.2, -0.15) is 0 Å². The van der Waals surface area contributed by atoms with E-state index in [1.807, 2.05) is 30.7 Å². The van der Waals surface area contributed by atoms with Crippen LogP contribution in [0.2, 0.25) is 0 Å². The topological polar surface area (TPSA) is 96.8 Å². The number of fused-ring (bicyclic) bond motifs is 1. The minimum absolute atomic E-state index is 0.258. The highest BCUT2D eigenvalue weighted by Gasteiger charge is 2.21. The summed E-state index contributed by atoms with van der Waals surface area (Å²) in [6.45, 7) is 10.9. The van der Waals surface area contributed by atoms with Gasteiger partial charge in [-0.1, -0.05) is 6.92 Å². The lowest BCUT2D eigenvalue weighted by molar-refractivity contribution is 0.138. The Labute approximate surface area is 206 Å². The van der Waals surface area contributed by atoms with E-state index in [1.54, 1.807) is 26.6 Å². The molecule has 0 saturated carbocycles. The summed E-state index contributed by atoms with van der Waals surface area (Å²) in [7, 11) is 5.19. The minimum atomic E-state index is -0.258. The van der Waals surface area contributed by atoms with Gasteiger partial charge in [0.15, 0.2) is 0 Å². The van der Waals surface area contributed by atoms with Gasteiger partial charge in [-0.05, 0) is 25.6 Å². The number of carbonyl (C=O) groups excluding carboxylic acids is 1. The fourth-order valence-corrected chi connectivity index (χ4v) is 4.58. The molecule has 0 unspecified atom stereocenters. The number of hydrogen-bond acceptors (Lipinski definition) is 7. The smallest absolute Gasteiger partial charge is 0.320 e. The highest BCUT2D eigenvalue weighted by molar-refractivity contribution is 5.94. The summed E-state index contributed by atoms with van der Waals surface area (Å²) in [6.07, 6.45) is 3.49. The van der Waals surface area contributed by atoms with E-state index in [0.717, 1.165) is 67.0 Å². The molecule has 188 valence electrons. The average Bonchev–Trinajstić information content (AvgIpc) is 3.19. The first-order valence-corrected chi connectivity index (χ1v) is 12.0. The van der Waals surface area contributed by atoms with Crippen molar-refractivity contribution in [3.8, 4) is 22.9 Å². The molecular weight excluding hydrogens is 446 g/mol. The highest BCUT2D eigenvalue weighted by atomic mass is 16.5. The monoisotopic (exact) mass is 481 g/mol. The Kier molecular flexibility index (Phi) is 7.72. The second-order valence-corrected chi connectivity index (χ2v) is 8.73. The molecule has 35 heavy (non-hydrogen) atoms. The summed E-state index contributed by atoms with van der Waals surface area (Å²) in [4.78, 5) is 26.1. The zero-order valence-electron chi connectivity index (χ0n) is 21.2. The Bertz CT molecular complexity index is 1190. The van der Waals surface area contributed by atoms with E-state index in [0.29, 0.717) is 24.0 Å². The van der Waals surface area contributed by atoms with Crippen LogP contribution >= 0.6 is 0 Å². The molecule has 10 nitrogen and oxygen atoms in total. The van der Waals surface area contributed by atoms with Crippen molar-refractivity contribution in [1.29, 1.82) is 0 Å². The molecule has 1 aliphatic heterocycles. The Morgan fingerprint density at radius 1 is 1.06 bits per heavy atom. The zero-order chi connectivity index (χ0) is 24.9. The second-order valence-electron chi connectivity index (χ2n) is 8.73. The van der Waals surface area contributed by atoms with E-state index in [2.05, 4.69) is 37.3 Å². The number of rotatable bonds is 8. The number of piperazine rings is 1. The third-order valence-corrected chi connectivity index (χ3v) is 6.62. The van der Waals surface area contributed by atoms with Gasteiger partial charge in [0.2, 0.25) is 5.88 Å². The van der Waals surface area contributed by atoms with Crippen molar-refractivity contribution < 1.29 is 14.3 Å². The summed E-state index contributed by atoms with van der Waals surface area (Å²) in [6, 6.07) is 3.63. The minimum Gasteiger partial charge on any atom is -0.496 e. The van der Waals surface area contributed by atoms with Gasteiger partial charge in [0.1, 0.15) is 17.1 Å². The van der Waals surface area contributed by atoms with E-state index in [4.69, 9.17) is 9.47 Å². The standard InChI is InChI=1S/C25H35N7O3/c1-6-31-9-11-32(12-10-31)8-7-26-25(33)29-21-14-18-13-19(30(3)20(18)16-27-21)22-23(34-4)17(2)15-28-24(22)35-5/h13-16H,6-12H2,1-5H3,(H2,26,27,29,33). The van der Waals surface area contributed by atoms with E-state index in [-0.39, 0.29) is 6.03 Å². The van der Waals surface area contributed by atoms with Crippen LogP contribution in [0.4, 0.5) is 10.6 Å². The largest absolute Gasteiger partial charge is 0.496 e. The molecule has 4 heterocycles. The predicted molar refractivity (Wildman–Crippen MR) is 137 cm³/mol. The number of pyridine rings is 2. The number of nitrogens with zero attached hydrogens (tertiary/aromatic N) is 5. The van der Waals surface area contributed by atoms with Crippen molar-refractivity contribution in [3.05, 3.63) is 30.1 Å². The zero-order valence-corrected chi connectivity index (χ0v) is 21.2. The lowest BCUT2D eigenvalue weighted by Crippen LogP contribution is -2.48. The molecule has 0 aliphatic carbocycles. The van der Waals surface area contributed by atoms with Crippen LogP contribution in [0.15, 0.2) is 24.5 Å². The first-order chi connectivity index (χ1) is 16.9. The van der Waals surface area contributed by atoms with E-state index in [9.17, 15) is 4.79 Å². The van der Waals surface area contributed by atoms with Gasteiger partial charge in [-0.3, -0.25) is 10.2 Å². The molecule has 0 bridgehead atoms. The first kappa shape index (κ1) is 24.7. The predicted octanol–water partition coefficient (Wildman–Crippen LogP) is 2.72. The number of anilines is 1. The van der Waals surface area contributed by atoms with Gasteiger partial charge in [-0.15, -0.1) is 0 Å². The highest BCUT2D eigenvalue weighted by Crippen LogP contribution is 2.41. The molecule has 0 aromatic carbocycles. The number of hydrogen-bond donors (Lipinski definition) is 2. The van der Waals surface area contributed by atoms with Crippen LogP contribution in [-0.2, 0) is 7.05 Å². The van der Waals surface area contributed by atoms with Crippen LogP contribution in [-0.4, -0.2) is 90.4 Å². The average molecular weight is 482 g/mol. The normalized spacial score (nSPS) is 14.8. The van der Waals surface area contributed by atoms with Crippen molar-refractivity contribution in [2.45, 2.75) is 13.8 Å². The summed E-state index contributed by atoms with van der Waals surface area (Å²) in [5.74, 6) is 1.69. The van der Waals surface area contributed by atoms with Crippen LogP contribution in [0.1, 0.15) is 12.5 Å². The Hall–Kier alpha value is -3.37. The Morgan fingerprint density at radius 2 is 1.80 bits per heavy atom. The molecule has 0 atom stereocenters. The SMILES string of the molecule is CCN1CCN(CCNC(=O)Nc2cc3cc(-c4c(OC)ncc(C)c4OC)n(C)c3cn2)CC1. The second kappa shape index (κ2) is 10.9. The summed E-state index contributed by atoms with van der Waals surface area (Å²) >= 11 is 0. The van der Waals surface area contributed by atoms with Crippen LogP contribution in [0.5, 0.6) is 11.6 Å². The van der Waals surface area contributed by atoms with Crippen molar-refractivity contribution in [3.63, 3.8) is 0 Å². The number of nitrogens with one attached hydrogen (secondary N) is 2. The van der Waals surface area contributed by atoms with Gasteiger partial charge in [0.25, 0.3) is 0 Å². The van der Waals surface area contributed by atoms with E-state index >= 15 is 0 Å². The Balaban J connectivity index is 1.45. The number of methoxy groups -OCH3 is 2. The fourth-order valence-electron chi connectivity index (χ4n) is 4.58. The fraction of sp³-hybridized carbons (Fsp3) is 0.480. The molecule has 3 aromatic heterocycles. The molecule has 1 fully saturated rings. The van der Waals surface area contributed by atoms with Crippen LogP contribution in [0.3, 0.4) is 0 Å². The summed E-state index contributed by atoms with van der Waals surface area (Å²) in [5.41, 5.74) is 3.50. The molecular formula is C25H35N7O3. The van der Waals surface area contributed by atoms with Gasteiger partial charge < -0.3 is 24.3 Å². The van der Waals surface area contributed by atoms with Crippen LogP contribution in [0, 0.1) is 6.92 Å². The number of carbonyl (C=O) groups is 1. The number of urea groups is 1. The lowest BCUT2D eigenvalue weighted by atomic mass is 10.1. The number of aromatic nitrogens is 3. The third-order valence-electron chi connectivity index (χ3n) is 6.62. The van der Waals surface area contributed by atoms with Crippen LogP contribution in [0.25, 0.3) is 22.2 Å². The number of ether oxygens (including phenoxy) is 2. The van der Waals surface area contributed by atoms with Gasteiger partial charge in [0.05, 0.1) is 31.6 Å². The van der Waals surface area contributed by atoms with Gasteiger partial charge >= 0.3 is 6.03 Å². The maximum Gasteiger partial charge on any atom is 0.320 e. The number of amides is 2. The molecule has 2 N–H and O–H groups in total. The first-order valence-electron chi connectivity index (χ1n) is 12.0. The molecule has 1 saturated heterocycles. The molecule has 4 rings (SSSR count). The van der Waals surface area contributed by atoms with Crippen molar-refractivity contribution >= 4 is 22.8 Å². The molecule has 0 radical (unpaired) electrons. The molecule has 10 heteroatoms. The molecule has 1 aliphatic rings. The lowest BCUT2D eigenvalue weighted by Gasteiger charge is -2.33. The van der Waals surface area contributed by atoms with Crippen molar-refractivity contribution in [1.82, 2.24) is 29.7 Å². The maximum absolute atomic E-state index is 12.5. The van der Waals surface area contributed by atoms with E-state index in [1.165, 1.54) is 0 Å². The quantitative estimate of drug-likeness (QED) is 0.511. The van der Waals surface area contributed by atoms with Gasteiger partial charge in [0, 0.05) is 63.5 Å². The summed E-state index contributed by atoms with van der Waals surface area (Å²) < 4.78 is 13.2. The number of likely N-dealkylation sites (N-methyl/N-ethyl adjacent to an activating group) is 1. The van der Waals surface area contributed by atoms with Gasteiger partial charge in [-0.25, -0.2) is 14.8 Å². The van der Waals surface area contributed by atoms with Crippen LogP contribution < -0.4 is 20.1 Å². The molecule has 0 spiro atoms. The third kappa shape index (κ3) is 5.33. The Morgan fingerprint density at radius 3 is 2.49 bits per heavy atom. The number of aryl methyl sites for hydroxylation is 2.